The summed E-state index contributed by atoms with van der Waals surface area (Å²) in [6, 6.07) is 10.6. The SMILES string of the molecule is CC(C)(C)c1cc(CNCC2OCCc3ccccc32)no1.Cl. The van der Waals surface area contributed by atoms with Gasteiger partial charge in [0.15, 0.2) is 0 Å². The molecular formula is C18H25ClN2O2. The predicted molar refractivity (Wildman–Crippen MR) is 93.0 cm³/mol. The Kier molecular flexibility index (Phi) is 5.84. The fourth-order valence-electron chi connectivity index (χ4n) is 2.73. The number of nitrogens with one attached hydrogen (secondary N) is 1. The molecule has 0 spiro atoms. The van der Waals surface area contributed by atoms with E-state index in [4.69, 9.17) is 9.26 Å². The molecule has 0 bridgehead atoms. The van der Waals surface area contributed by atoms with Gasteiger partial charge < -0.3 is 14.6 Å². The number of aromatic nitrogens is 1. The van der Waals surface area contributed by atoms with Crippen LogP contribution in [-0.4, -0.2) is 18.3 Å². The lowest BCUT2D eigenvalue weighted by Gasteiger charge is -2.26. The molecule has 4 nitrogen and oxygen atoms in total. The quantitative estimate of drug-likeness (QED) is 0.922. The number of halogens is 1. The van der Waals surface area contributed by atoms with E-state index in [9.17, 15) is 0 Å². The lowest BCUT2D eigenvalue weighted by molar-refractivity contribution is 0.0422. The van der Waals surface area contributed by atoms with Gasteiger partial charge in [0.2, 0.25) is 0 Å². The van der Waals surface area contributed by atoms with E-state index in [-0.39, 0.29) is 23.9 Å². The van der Waals surface area contributed by atoms with E-state index in [0.717, 1.165) is 31.0 Å². The van der Waals surface area contributed by atoms with Gasteiger partial charge in [-0.05, 0) is 17.5 Å². The largest absolute Gasteiger partial charge is 0.372 e. The summed E-state index contributed by atoms with van der Waals surface area (Å²) in [5.41, 5.74) is 3.64. The second-order valence-corrected chi connectivity index (χ2v) is 6.87. The van der Waals surface area contributed by atoms with Gasteiger partial charge in [0, 0.05) is 24.6 Å². The molecule has 1 N–H and O–H groups in total. The molecule has 0 fully saturated rings. The molecule has 1 aliphatic heterocycles. The number of fused-ring (bicyclic) bond motifs is 1. The smallest absolute Gasteiger partial charge is 0.142 e. The summed E-state index contributed by atoms with van der Waals surface area (Å²) in [4.78, 5) is 0. The lowest BCUT2D eigenvalue weighted by Crippen LogP contribution is -2.27. The maximum Gasteiger partial charge on any atom is 0.142 e. The summed E-state index contributed by atoms with van der Waals surface area (Å²) < 4.78 is 11.3. The molecule has 0 radical (unpaired) electrons. The van der Waals surface area contributed by atoms with Gasteiger partial charge in [-0.15, -0.1) is 12.4 Å². The Morgan fingerprint density at radius 3 is 2.78 bits per heavy atom. The third kappa shape index (κ3) is 4.34. The maximum atomic E-state index is 5.90. The Hall–Kier alpha value is -1.36. The fourth-order valence-corrected chi connectivity index (χ4v) is 2.73. The first-order chi connectivity index (χ1) is 10.5. The van der Waals surface area contributed by atoms with E-state index in [2.05, 4.69) is 55.5 Å². The number of nitrogens with zero attached hydrogens (tertiary/aromatic N) is 1. The van der Waals surface area contributed by atoms with E-state index >= 15 is 0 Å². The highest BCUT2D eigenvalue weighted by Gasteiger charge is 2.21. The van der Waals surface area contributed by atoms with Crippen molar-refractivity contribution in [2.45, 2.75) is 45.3 Å². The van der Waals surface area contributed by atoms with Gasteiger partial charge in [-0.1, -0.05) is 50.2 Å². The monoisotopic (exact) mass is 336 g/mol. The Balaban J connectivity index is 0.00000192. The summed E-state index contributed by atoms with van der Waals surface area (Å²) >= 11 is 0. The zero-order chi connectivity index (χ0) is 15.6. The third-order valence-electron chi connectivity index (χ3n) is 4.03. The molecule has 1 aromatic heterocycles. The molecule has 23 heavy (non-hydrogen) atoms. The van der Waals surface area contributed by atoms with Crippen LogP contribution < -0.4 is 5.32 Å². The first-order valence-corrected chi connectivity index (χ1v) is 7.90. The number of benzene rings is 1. The third-order valence-corrected chi connectivity index (χ3v) is 4.03. The molecule has 126 valence electrons. The van der Waals surface area contributed by atoms with Gasteiger partial charge in [0.25, 0.3) is 0 Å². The normalized spacial score (nSPS) is 17.4. The highest BCUT2D eigenvalue weighted by atomic mass is 35.5. The fraction of sp³-hybridized carbons (Fsp3) is 0.500. The van der Waals surface area contributed by atoms with Crippen molar-refractivity contribution in [2.75, 3.05) is 13.2 Å². The van der Waals surface area contributed by atoms with Crippen molar-refractivity contribution in [3.05, 3.63) is 52.9 Å². The first kappa shape index (κ1) is 18.0. The van der Waals surface area contributed by atoms with Crippen LogP contribution >= 0.6 is 12.4 Å². The molecule has 2 aromatic rings. The molecule has 0 saturated carbocycles. The van der Waals surface area contributed by atoms with Crippen LogP contribution in [0.25, 0.3) is 0 Å². The van der Waals surface area contributed by atoms with E-state index in [1.807, 2.05) is 6.07 Å². The lowest BCUT2D eigenvalue weighted by atomic mass is 9.93. The second-order valence-electron chi connectivity index (χ2n) is 6.87. The van der Waals surface area contributed by atoms with Crippen molar-refractivity contribution in [1.29, 1.82) is 0 Å². The molecule has 0 aliphatic carbocycles. The highest BCUT2D eigenvalue weighted by Crippen LogP contribution is 2.26. The van der Waals surface area contributed by atoms with Crippen molar-refractivity contribution in [3.8, 4) is 0 Å². The van der Waals surface area contributed by atoms with Crippen LogP contribution in [0.5, 0.6) is 0 Å². The average molecular weight is 337 g/mol. The first-order valence-electron chi connectivity index (χ1n) is 7.90. The van der Waals surface area contributed by atoms with Crippen LogP contribution in [-0.2, 0) is 23.1 Å². The Bertz CT molecular complexity index is 634. The summed E-state index contributed by atoms with van der Waals surface area (Å²) in [5.74, 6) is 0.920. The summed E-state index contributed by atoms with van der Waals surface area (Å²) in [5, 5.41) is 7.56. The zero-order valence-corrected chi connectivity index (χ0v) is 14.8. The van der Waals surface area contributed by atoms with E-state index < -0.39 is 0 Å². The summed E-state index contributed by atoms with van der Waals surface area (Å²) in [6.07, 6.45) is 1.13. The van der Waals surface area contributed by atoms with Crippen LogP contribution in [0.3, 0.4) is 0 Å². The average Bonchev–Trinajstić information content (AvgIpc) is 2.97. The molecule has 0 saturated heterocycles. The van der Waals surface area contributed by atoms with Gasteiger partial charge in [-0.3, -0.25) is 0 Å². The topological polar surface area (TPSA) is 47.3 Å². The molecule has 1 unspecified atom stereocenters. The highest BCUT2D eigenvalue weighted by molar-refractivity contribution is 5.85. The molecule has 3 rings (SSSR count). The Labute approximate surface area is 144 Å². The van der Waals surface area contributed by atoms with E-state index in [0.29, 0.717) is 6.54 Å². The van der Waals surface area contributed by atoms with Crippen LogP contribution in [0, 0.1) is 0 Å². The molecular weight excluding hydrogens is 312 g/mol. The van der Waals surface area contributed by atoms with Crippen molar-refractivity contribution < 1.29 is 9.26 Å². The number of rotatable bonds is 4. The number of hydrogen-bond donors (Lipinski definition) is 1. The van der Waals surface area contributed by atoms with Crippen LogP contribution in [0.1, 0.15) is 49.5 Å². The van der Waals surface area contributed by atoms with Crippen molar-refractivity contribution in [2.24, 2.45) is 0 Å². The van der Waals surface area contributed by atoms with Gasteiger partial charge in [-0.2, -0.15) is 0 Å². The minimum Gasteiger partial charge on any atom is -0.372 e. The standard InChI is InChI=1S/C18H24N2O2.ClH/c1-18(2,3)17-10-14(20-22-17)11-19-12-16-15-7-5-4-6-13(15)8-9-21-16;/h4-7,10,16,19H,8-9,11-12H2,1-3H3;1H. The zero-order valence-electron chi connectivity index (χ0n) is 14.0. The van der Waals surface area contributed by atoms with E-state index in [1.165, 1.54) is 11.1 Å². The minimum absolute atomic E-state index is 0. The molecule has 2 heterocycles. The predicted octanol–water partition coefficient (Wildman–Crippen LogP) is 3.80. The summed E-state index contributed by atoms with van der Waals surface area (Å²) in [6.45, 7) is 8.64. The molecule has 5 heteroatoms. The van der Waals surface area contributed by atoms with Crippen LogP contribution in [0.2, 0.25) is 0 Å². The number of hydrogen-bond acceptors (Lipinski definition) is 4. The molecule has 1 aromatic carbocycles. The second kappa shape index (κ2) is 7.47. The van der Waals surface area contributed by atoms with Crippen LogP contribution in [0.4, 0.5) is 0 Å². The Morgan fingerprint density at radius 2 is 2.04 bits per heavy atom. The minimum atomic E-state index is -0.00330. The van der Waals surface area contributed by atoms with Crippen molar-refractivity contribution in [1.82, 2.24) is 10.5 Å². The van der Waals surface area contributed by atoms with Gasteiger partial charge in [-0.25, -0.2) is 0 Å². The summed E-state index contributed by atoms with van der Waals surface area (Å²) in [7, 11) is 0. The van der Waals surface area contributed by atoms with Crippen molar-refractivity contribution in [3.63, 3.8) is 0 Å². The Morgan fingerprint density at radius 1 is 1.26 bits per heavy atom. The number of ether oxygens (including phenoxy) is 1. The van der Waals surface area contributed by atoms with Gasteiger partial charge in [0.05, 0.1) is 18.4 Å². The maximum absolute atomic E-state index is 5.90. The van der Waals surface area contributed by atoms with Gasteiger partial charge in [0.1, 0.15) is 5.76 Å². The van der Waals surface area contributed by atoms with E-state index in [1.54, 1.807) is 0 Å². The van der Waals surface area contributed by atoms with Crippen LogP contribution in [0.15, 0.2) is 34.9 Å². The van der Waals surface area contributed by atoms with Gasteiger partial charge >= 0.3 is 0 Å². The van der Waals surface area contributed by atoms with Crippen molar-refractivity contribution >= 4 is 12.4 Å². The molecule has 0 amide bonds. The molecule has 1 aliphatic rings. The molecule has 1 atom stereocenters.